The average molecular weight is 361 g/mol. The quantitative estimate of drug-likeness (QED) is 0.485. The molecule has 0 aromatic heterocycles. The van der Waals surface area contributed by atoms with Crippen molar-refractivity contribution in [1.29, 1.82) is 0 Å². The third-order valence-electron chi connectivity index (χ3n) is 4.47. The Morgan fingerprint density at radius 3 is 1.92 bits per heavy atom. The summed E-state index contributed by atoms with van der Waals surface area (Å²) in [6.07, 6.45) is 0. The number of rotatable bonds is 3. The lowest BCUT2D eigenvalue weighted by Crippen LogP contribution is -2.10. The zero-order chi connectivity index (χ0) is 18.3. The number of ketones is 1. The van der Waals surface area contributed by atoms with Crippen molar-refractivity contribution in [3.63, 3.8) is 0 Å². The fourth-order valence-corrected chi connectivity index (χ4v) is 3.48. The standard InChI is InChI=1S/C22H13ClO3/c23-20-16-8-4-3-5-13(16)9-10-17(20)21(24)18-11-14-6-1-2-7-15(14)12-19(18)22(25)26/h1-12H,(H,25,26). The van der Waals surface area contributed by atoms with Gasteiger partial charge in [-0.25, -0.2) is 4.79 Å². The largest absolute Gasteiger partial charge is 0.478 e. The van der Waals surface area contributed by atoms with Gasteiger partial charge in [0.2, 0.25) is 0 Å². The first-order chi connectivity index (χ1) is 12.6. The number of carboxylic acids is 1. The van der Waals surface area contributed by atoms with Crippen LogP contribution < -0.4 is 0 Å². The maximum atomic E-state index is 13.1. The van der Waals surface area contributed by atoms with E-state index in [2.05, 4.69) is 0 Å². The number of hydrogen-bond acceptors (Lipinski definition) is 2. The van der Waals surface area contributed by atoms with Gasteiger partial charge in [0.15, 0.2) is 5.78 Å². The van der Waals surface area contributed by atoms with E-state index >= 15 is 0 Å². The van der Waals surface area contributed by atoms with E-state index in [0.29, 0.717) is 10.6 Å². The van der Waals surface area contributed by atoms with Crippen LogP contribution in [0.2, 0.25) is 5.02 Å². The molecule has 0 spiro atoms. The van der Waals surface area contributed by atoms with E-state index in [4.69, 9.17) is 11.6 Å². The predicted molar refractivity (Wildman–Crippen MR) is 103 cm³/mol. The molecule has 0 aliphatic heterocycles. The number of carbonyl (C=O) groups is 2. The van der Waals surface area contributed by atoms with Crippen LogP contribution in [0.25, 0.3) is 21.5 Å². The molecule has 0 saturated carbocycles. The summed E-state index contributed by atoms with van der Waals surface area (Å²) in [5.74, 6) is -1.54. The Kier molecular flexibility index (Phi) is 3.94. The van der Waals surface area contributed by atoms with Crippen LogP contribution in [0.3, 0.4) is 0 Å². The minimum Gasteiger partial charge on any atom is -0.478 e. The van der Waals surface area contributed by atoms with Gasteiger partial charge in [-0.15, -0.1) is 0 Å². The van der Waals surface area contributed by atoms with Crippen molar-refractivity contribution in [2.75, 3.05) is 0 Å². The van der Waals surface area contributed by atoms with Gasteiger partial charge < -0.3 is 5.11 Å². The number of carboxylic acid groups (broad SMARTS) is 1. The molecular weight excluding hydrogens is 348 g/mol. The van der Waals surface area contributed by atoms with Gasteiger partial charge in [0.25, 0.3) is 0 Å². The molecule has 4 heteroatoms. The van der Waals surface area contributed by atoms with Crippen LogP contribution in [0.4, 0.5) is 0 Å². The molecule has 0 fully saturated rings. The first-order valence-electron chi connectivity index (χ1n) is 8.04. The van der Waals surface area contributed by atoms with Crippen LogP contribution in [0.1, 0.15) is 26.3 Å². The first kappa shape index (κ1) is 16.3. The van der Waals surface area contributed by atoms with Crippen molar-refractivity contribution in [1.82, 2.24) is 0 Å². The molecule has 0 aliphatic carbocycles. The van der Waals surface area contributed by atoms with E-state index in [1.165, 1.54) is 6.07 Å². The van der Waals surface area contributed by atoms with Crippen LogP contribution >= 0.6 is 11.6 Å². The van der Waals surface area contributed by atoms with Gasteiger partial charge in [-0.2, -0.15) is 0 Å². The molecule has 0 saturated heterocycles. The number of hydrogen-bond donors (Lipinski definition) is 1. The van der Waals surface area contributed by atoms with Gasteiger partial charge >= 0.3 is 5.97 Å². The van der Waals surface area contributed by atoms with Crippen molar-refractivity contribution in [3.05, 3.63) is 94.5 Å². The molecule has 4 aromatic carbocycles. The maximum absolute atomic E-state index is 13.1. The molecular formula is C22H13ClO3. The van der Waals surface area contributed by atoms with Crippen molar-refractivity contribution < 1.29 is 14.7 Å². The van der Waals surface area contributed by atoms with Crippen LogP contribution in [-0.4, -0.2) is 16.9 Å². The summed E-state index contributed by atoms with van der Waals surface area (Å²) in [4.78, 5) is 24.8. The Morgan fingerprint density at radius 2 is 1.27 bits per heavy atom. The van der Waals surface area contributed by atoms with Gasteiger partial charge in [0.1, 0.15) is 0 Å². The van der Waals surface area contributed by atoms with Crippen LogP contribution in [0.5, 0.6) is 0 Å². The summed E-state index contributed by atoms with van der Waals surface area (Å²) in [7, 11) is 0. The molecule has 0 unspecified atom stereocenters. The molecule has 0 aliphatic rings. The second-order valence-electron chi connectivity index (χ2n) is 6.03. The summed E-state index contributed by atoms with van der Waals surface area (Å²) >= 11 is 6.47. The number of aromatic carboxylic acids is 1. The van der Waals surface area contributed by atoms with Gasteiger partial charge in [-0.3, -0.25) is 4.79 Å². The Labute approximate surface area is 154 Å². The Bertz CT molecular complexity index is 1190. The number of fused-ring (bicyclic) bond motifs is 2. The minimum absolute atomic E-state index is 0.0297. The highest BCUT2D eigenvalue weighted by molar-refractivity contribution is 6.40. The highest BCUT2D eigenvalue weighted by Gasteiger charge is 2.21. The summed E-state index contributed by atoms with van der Waals surface area (Å²) in [5.41, 5.74) is 0.398. The lowest BCUT2D eigenvalue weighted by atomic mass is 9.93. The van der Waals surface area contributed by atoms with Gasteiger partial charge in [-0.05, 0) is 34.4 Å². The third-order valence-corrected chi connectivity index (χ3v) is 4.88. The third kappa shape index (κ3) is 2.63. The minimum atomic E-state index is -1.14. The molecule has 0 bridgehead atoms. The molecule has 0 atom stereocenters. The van der Waals surface area contributed by atoms with Crippen molar-refractivity contribution in [2.45, 2.75) is 0 Å². The lowest BCUT2D eigenvalue weighted by Gasteiger charge is -2.11. The Balaban J connectivity index is 1.95. The van der Waals surface area contributed by atoms with Crippen LogP contribution in [0.15, 0.2) is 72.8 Å². The second-order valence-corrected chi connectivity index (χ2v) is 6.41. The molecule has 3 nitrogen and oxygen atoms in total. The molecule has 4 rings (SSSR count). The van der Waals surface area contributed by atoms with Crippen molar-refractivity contribution >= 4 is 44.9 Å². The predicted octanol–water partition coefficient (Wildman–Crippen LogP) is 5.58. The number of halogens is 1. The highest BCUT2D eigenvalue weighted by Crippen LogP contribution is 2.30. The fraction of sp³-hybridized carbons (Fsp3) is 0. The number of benzene rings is 4. The molecule has 4 aromatic rings. The van der Waals surface area contributed by atoms with Crippen LogP contribution in [0, 0.1) is 0 Å². The highest BCUT2D eigenvalue weighted by atomic mass is 35.5. The van der Waals surface area contributed by atoms with Crippen molar-refractivity contribution in [2.24, 2.45) is 0 Å². The second kappa shape index (κ2) is 6.28. The van der Waals surface area contributed by atoms with Crippen LogP contribution in [-0.2, 0) is 0 Å². The van der Waals surface area contributed by atoms with Gasteiger partial charge in [0.05, 0.1) is 10.6 Å². The number of carbonyl (C=O) groups excluding carboxylic acids is 1. The molecule has 0 amide bonds. The molecule has 0 heterocycles. The average Bonchev–Trinajstić information content (AvgIpc) is 2.67. The maximum Gasteiger partial charge on any atom is 0.336 e. The summed E-state index contributed by atoms with van der Waals surface area (Å²) < 4.78 is 0. The SMILES string of the molecule is O=C(O)c1cc2ccccc2cc1C(=O)c1ccc2ccccc2c1Cl. The smallest absolute Gasteiger partial charge is 0.336 e. The topological polar surface area (TPSA) is 54.4 Å². The van der Waals surface area contributed by atoms with E-state index < -0.39 is 11.8 Å². The summed E-state index contributed by atoms with van der Waals surface area (Å²) in [5, 5.41) is 13.2. The molecule has 1 N–H and O–H groups in total. The molecule has 26 heavy (non-hydrogen) atoms. The molecule has 126 valence electrons. The van der Waals surface area contributed by atoms with E-state index in [0.717, 1.165) is 21.5 Å². The van der Waals surface area contributed by atoms with Gasteiger partial charge in [-0.1, -0.05) is 66.2 Å². The first-order valence-corrected chi connectivity index (χ1v) is 8.42. The van der Waals surface area contributed by atoms with Gasteiger partial charge in [0, 0.05) is 16.5 Å². The Hall–Kier alpha value is -3.17. The van der Waals surface area contributed by atoms with E-state index in [1.54, 1.807) is 12.1 Å². The summed E-state index contributed by atoms with van der Waals surface area (Å²) in [6.45, 7) is 0. The van der Waals surface area contributed by atoms with E-state index in [-0.39, 0.29) is 11.1 Å². The fourth-order valence-electron chi connectivity index (χ4n) is 3.16. The summed E-state index contributed by atoms with van der Waals surface area (Å²) in [6, 6.07) is 21.4. The van der Waals surface area contributed by atoms with E-state index in [1.807, 2.05) is 54.6 Å². The monoisotopic (exact) mass is 360 g/mol. The van der Waals surface area contributed by atoms with E-state index in [9.17, 15) is 14.7 Å². The Morgan fingerprint density at radius 1 is 0.692 bits per heavy atom. The van der Waals surface area contributed by atoms with Crippen molar-refractivity contribution in [3.8, 4) is 0 Å². The zero-order valence-electron chi connectivity index (χ0n) is 13.6. The zero-order valence-corrected chi connectivity index (χ0v) is 14.3. The molecule has 0 radical (unpaired) electrons. The lowest BCUT2D eigenvalue weighted by molar-refractivity contribution is 0.0693. The normalized spacial score (nSPS) is 11.0.